The van der Waals surface area contributed by atoms with Crippen molar-refractivity contribution in [3.8, 4) is 0 Å². The van der Waals surface area contributed by atoms with Crippen LogP contribution in [-0.2, 0) is 4.74 Å². The number of nitrogens with two attached hydrogens (primary N) is 1. The third-order valence-electron chi connectivity index (χ3n) is 3.85. The first kappa shape index (κ1) is 14.3. The summed E-state index contributed by atoms with van der Waals surface area (Å²) in [6.45, 7) is 7.02. The zero-order valence-corrected chi connectivity index (χ0v) is 12.5. The Morgan fingerprint density at radius 3 is 2.74 bits per heavy atom. The standard InChI is InChI=1S/C15H22N2OS/c1-11-3-4-12(14(16)19)13(9-11)17-10-15(2)5-7-18-8-6-15/h3-4,9,17H,5-8,10H2,1-2H3,(H2,16,19). The Morgan fingerprint density at radius 1 is 1.42 bits per heavy atom. The van der Waals surface area contributed by atoms with Gasteiger partial charge in [0.1, 0.15) is 4.99 Å². The molecule has 0 radical (unpaired) electrons. The van der Waals surface area contributed by atoms with E-state index in [2.05, 4.69) is 25.2 Å². The molecule has 0 unspecified atom stereocenters. The number of anilines is 1. The van der Waals surface area contributed by atoms with Gasteiger partial charge < -0.3 is 15.8 Å². The Hall–Kier alpha value is -1.13. The van der Waals surface area contributed by atoms with Crippen LogP contribution in [0.2, 0.25) is 0 Å². The quantitative estimate of drug-likeness (QED) is 0.831. The summed E-state index contributed by atoms with van der Waals surface area (Å²) in [4.78, 5) is 0.444. The van der Waals surface area contributed by atoms with Crippen LogP contribution in [-0.4, -0.2) is 24.7 Å². The maximum atomic E-state index is 5.78. The Kier molecular flexibility index (Phi) is 4.42. The number of thiocarbonyl (C=S) groups is 1. The molecule has 1 heterocycles. The van der Waals surface area contributed by atoms with E-state index in [1.165, 1.54) is 5.56 Å². The minimum atomic E-state index is 0.287. The zero-order valence-electron chi connectivity index (χ0n) is 11.7. The Morgan fingerprint density at radius 2 is 2.11 bits per heavy atom. The number of hydrogen-bond donors (Lipinski definition) is 2. The maximum absolute atomic E-state index is 5.78. The first-order valence-electron chi connectivity index (χ1n) is 6.72. The number of aryl methyl sites for hydroxylation is 1. The van der Waals surface area contributed by atoms with E-state index in [0.29, 0.717) is 4.99 Å². The summed E-state index contributed by atoms with van der Waals surface area (Å²) in [5.41, 5.74) is 9.24. The Labute approximate surface area is 120 Å². The molecule has 1 fully saturated rings. The van der Waals surface area contributed by atoms with E-state index in [4.69, 9.17) is 22.7 Å². The van der Waals surface area contributed by atoms with Gasteiger partial charge in [-0.05, 0) is 42.9 Å². The Balaban J connectivity index is 2.10. The molecule has 1 aromatic carbocycles. The van der Waals surface area contributed by atoms with Crippen LogP contribution in [0.1, 0.15) is 30.9 Å². The summed E-state index contributed by atoms with van der Waals surface area (Å²) in [5, 5.41) is 3.52. The van der Waals surface area contributed by atoms with E-state index < -0.39 is 0 Å². The van der Waals surface area contributed by atoms with Crippen molar-refractivity contribution in [1.82, 2.24) is 0 Å². The highest BCUT2D eigenvalue weighted by atomic mass is 32.1. The highest BCUT2D eigenvalue weighted by Gasteiger charge is 2.27. The van der Waals surface area contributed by atoms with Crippen LogP contribution in [0.15, 0.2) is 18.2 Å². The second kappa shape index (κ2) is 5.88. The molecular formula is C15H22N2OS. The lowest BCUT2D eigenvalue weighted by Gasteiger charge is -2.34. The average molecular weight is 278 g/mol. The van der Waals surface area contributed by atoms with Gasteiger partial charge in [-0.1, -0.05) is 25.2 Å². The predicted molar refractivity (Wildman–Crippen MR) is 83.7 cm³/mol. The third-order valence-corrected chi connectivity index (χ3v) is 4.07. The van der Waals surface area contributed by atoms with Gasteiger partial charge in [-0.25, -0.2) is 0 Å². The Bertz CT molecular complexity index is 467. The molecule has 0 amide bonds. The fourth-order valence-electron chi connectivity index (χ4n) is 2.37. The SMILES string of the molecule is Cc1ccc(C(N)=S)c(NCC2(C)CCOCC2)c1. The van der Waals surface area contributed by atoms with Crippen molar-refractivity contribution in [2.45, 2.75) is 26.7 Å². The van der Waals surface area contributed by atoms with Gasteiger partial charge in [0.2, 0.25) is 0 Å². The minimum Gasteiger partial charge on any atom is -0.389 e. The van der Waals surface area contributed by atoms with Crippen LogP contribution in [0.3, 0.4) is 0 Å². The molecule has 4 heteroatoms. The summed E-state index contributed by atoms with van der Waals surface area (Å²) in [5.74, 6) is 0. The molecule has 0 aromatic heterocycles. The molecule has 1 aliphatic rings. The zero-order chi connectivity index (χ0) is 13.9. The van der Waals surface area contributed by atoms with E-state index in [0.717, 1.165) is 43.9 Å². The molecule has 3 N–H and O–H groups in total. The largest absolute Gasteiger partial charge is 0.389 e. The number of benzene rings is 1. The summed E-state index contributed by atoms with van der Waals surface area (Å²) in [7, 11) is 0. The highest BCUT2D eigenvalue weighted by Crippen LogP contribution is 2.30. The summed E-state index contributed by atoms with van der Waals surface area (Å²) in [6.07, 6.45) is 2.18. The van der Waals surface area contributed by atoms with Gasteiger partial charge in [0.15, 0.2) is 0 Å². The van der Waals surface area contributed by atoms with Crippen molar-refractivity contribution in [3.05, 3.63) is 29.3 Å². The van der Waals surface area contributed by atoms with Gasteiger partial charge in [0.05, 0.1) is 0 Å². The lowest BCUT2D eigenvalue weighted by Crippen LogP contribution is -2.33. The first-order valence-corrected chi connectivity index (χ1v) is 7.13. The average Bonchev–Trinajstić information content (AvgIpc) is 2.37. The molecule has 3 nitrogen and oxygen atoms in total. The van der Waals surface area contributed by atoms with E-state index in [1.54, 1.807) is 0 Å². The lowest BCUT2D eigenvalue weighted by atomic mass is 9.82. The number of ether oxygens (including phenoxy) is 1. The van der Waals surface area contributed by atoms with E-state index >= 15 is 0 Å². The van der Waals surface area contributed by atoms with Crippen molar-refractivity contribution in [2.24, 2.45) is 11.1 Å². The minimum absolute atomic E-state index is 0.287. The molecule has 104 valence electrons. The van der Waals surface area contributed by atoms with Crippen LogP contribution < -0.4 is 11.1 Å². The first-order chi connectivity index (χ1) is 9.00. The molecule has 2 rings (SSSR count). The molecular weight excluding hydrogens is 256 g/mol. The molecule has 0 atom stereocenters. The predicted octanol–water partition coefficient (Wildman–Crippen LogP) is 2.86. The summed E-state index contributed by atoms with van der Waals surface area (Å²) in [6, 6.07) is 6.14. The van der Waals surface area contributed by atoms with Crippen LogP contribution in [0.5, 0.6) is 0 Å². The fraction of sp³-hybridized carbons (Fsp3) is 0.533. The second-order valence-electron chi connectivity index (χ2n) is 5.69. The molecule has 1 aliphatic heterocycles. The van der Waals surface area contributed by atoms with E-state index in [9.17, 15) is 0 Å². The topological polar surface area (TPSA) is 47.3 Å². The van der Waals surface area contributed by atoms with Crippen molar-refractivity contribution < 1.29 is 4.74 Å². The highest BCUT2D eigenvalue weighted by molar-refractivity contribution is 7.80. The van der Waals surface area contributed by atoms with Crippen molar-refractivity contribution in [2.75, 3.05) is 25.1 Å². The molecule has 0 aliphatic carbocycles. The van der Waals surface area contributed by atoms with Crippen molar-refractivity contribution >= 4 is 22.9 Å². The van der Waals surface area contributed by atoms with Gasteiger partial charge in [-0.2, -0.15) is 0 Å². The van der Waals surface area contributed by atoms with Crippen LogP contribution in [0, 0.1) is 12.3 Å². The molecule has 1 saturated heterocycles. The van der Waals surface area contributed by atoms with Gasteiger partial charge in [0.25, 0.3) is 0 Å². The van der Waals surface area contributed by atoms with Gasteiger partial charge in [-0.3, -0.25) is 0 Å². The molecule has 0 saturated carbocycles. The van der Waals surface area contributed by atoms with E-state index in [1.807, 2.05) is 12.1 Å². The fourth-order valence-corrected chi connectivity index (χ4v) is 2.55. The lowest BCUT2D eigenvalue weighted by molar-refractivity contribution is 0.0300. The van der Waals surface area contributed by atoms with Crippen molar-refractivity contribution in [3.63, 3.8) is 0 Å². The van der Waals surface area contributed by atoms with Gasteiger partial charge >= 0.3 is 0 Å². The summed E-state index contributed by atoms with van der Waals surface area (Å²) < 4.78 is 5.43. The third kappa shape index (κ3) is 3.67. The number of nitrogens with one attached hydrogen (secondary N) is 1. The molecule has 0 bridgehead atoms. The molecule has 19 heavy (non-hydrogen) atoms. The number of hydrogen-bond acceptors (Lipinski definition) is 3. The molecule has 1 aromatic rings. The smallest absolute Gasteiger partial charge is 0.106 e. The summed E-state index contributed by atoms with van der Waals surface area (Å²) >= 11 is 5.11. The normalized spacial score (nSPS) is 18.0. The second-order valence-corrected chi connectivity index (χ2v) is 6.13. The number of rotatable bonds is 4. The van der Waals surface area contributed by atoms with Gasteiger partial charge in [-0.15, -0.1) is 0 Å². The molecule has 0 spiro atoms. The van der Waals surface area contributed by atoms with Gasteiger partial charge in [0, 0.05) is 31.0 Å². The maximum Gasteiger partial charge on any atom is 0.106 e. The van der Waals surface area contributed by atoms with Crippen molar-refractivity contribution in [1.29, 1.82) is 0 Å². The van der Waals surface area contributed by atoms with Crippen LogP contribution >= 0.6 is 12.2 Å². The van der Waals surface area contributed by atoms with Crippen LogP contribution in [0.4, 0.5) is 5.69 Å². The van der Waals surface area contributed by atoms with Crippen LogP contribution in [0.25, 0.3) is 0 Å². The van der Waals surface area contributed by atoms with E-state index in [-0.39, 0.29) is 5.41 Å². The monoisotopic (exact) mass is 278 g/mol.